The fraction of sp³-hybridized carbons (Fsp3) is 0.533. The highest BCUT2D eigenvalue weighted by Crippen LogP contribution is 2.33. The van der Waals surface area contributed by atoms with Crippen LogP contribution in [0.1, 0.15) is 48.5 Å². The number of hydrogen-bond donors (Lipinski definition) is 1. The molecule has 3 heteroatoms. The van der Waals surface area contributed by atoms with E-state index in [1.54, 1.807) is 12.1 Å². The van der Waals surface area contributed by atoms with Crippen molar-refractivity contribution in [3.05, 3.63) is 29.3 Å². The summed E-state index contributed by atoms with van der Waals surface area (Å²) in [5, 5.41) is 9.47. The average Bonchev–Trinajstić information content (AvgIpc) is 2.68. The molecular formula is C15H19NO2. The quantitative estimate of drug-likeness (QED) is 0.826. The first-order valence-electron chi connectivity index (χ1n) is 6.78. The molecule has 0 bridgehead atoms. The fourth-order valence-electron chi connectivity index (χ4n) is 3.16. The van der Waals surface area contributed by atoms with E-state index in [4.69, 9.17) is 0 Å². The lowest BCUT2D eigenvalue weighted by Gasteiger charge is -2.33. The summed E-state index contributed by atoms with van der Waals surface area (Å²) < 4.78 is 0. The molecule has 1 saturated carbocycles. The third kappa shape index (κ3) is 1.88. The Morgan fingerprint density at radius 1 is 1.22 bits per heavy atom. The van der Waals surface area contributed by atoms with E-state index < -0.39 is 0 Å². The summed E-state index contributed by atoms with van der Waals surface area (Å²) in [6.07, 6.45) is 4.67. The van der Waals surface area contributed by atoms with E-state index >= 15 is 0 Å². The van der Waals surface area contributed by atoms with E-state index in [1.807, 2.05) is 11.0 Å². The molecule has 1 heterocycles. The molecule has 0 radical (unpaired) electrons. The standard InChI is InChI=1S/C15H19NO2/c1-10-2-5-12(6-3-10)16-9-11-4-7-13(17)8-14(11)15(16)18/h4,7-8,10,12,17H,2-3,5-6,9H2,1H3. The molecule has 3 nitrogen and oxygen atoms in total. The molecule has 2 aliphatic rings. The van der Waals surface area contributed by atoms with E-state index in [-0.39, 0.29) is 11.7 Å². The highest BCUT2D eigenvalue weighted by molar-refractivity contribution is 5.98. The summed E-state index contributed by atoms with van der Waals surface area (Å²) in [5.41, 5.74) is 1.74. The first kappa shape index (κ1) is 11.6. The van der Waals surface area contributed by atoms with Gasteiger partial charge in [0.2, 0.25) is 0 Å². The van der Waals surface area contributed by atoms with Gasteiger partial charge < -0.3 is 10.0 Å². The maximum atomic E-state index is 12.3. The molecule has 0 spiro atoms. The lowest BCUT2D eigenvalue weighted by Crippen LogP contribution is -2.37. The Bertz CT molecular complexity index is 475. The van der Waals surface area contributed by atoms with Crippen LogP contribution >= 0.6 is 0 Å². The van der Waals surface area contributed by atoms with Crippen LogP contribution in [0.4, 0.5) is 0 Å². The fourth-order valence-corrected chi connectivity index (χ4v) is 3.16. The third-order valence-electron chi connectivity index (χ3n) is 4.35. The topological polar surface area (TPSA) is 40.5 Å². The summed E-state index contributed by atoms with van der Waals surface area (Å²) in [6.45, 7) is 3.00. The summed E-state index contributed by atoms with van der Waals surface area (Å²) in [7, 11) is 0. The van der Waals surface area contributed by atoms with Crippen LogP contribution in [0.2, 0.25) is 0 Å². The second-order valence-corrected chi connectivity index (χ2v) is 5.69. The van der Waals surface area contributed by atoms with E-state index in [1.165, 1.54) is 12.8 Å². The first-order valence-corrected chi connectivity index (χ1v) is 6.78. The first-order chi connectivity index (χ1) is 8.65. The van der Waals surface area contributed by atoms with Gasteiger partial charge >= 0.3 is 0 Å². The van der Waals surface area contributed by atoms with Crippen LogP contribution in [0.25, 0.3) is 0 Å². The van der Waals surface area contributed by atoms with E-state index in [0.717, 1.165) is 24.3 Å². The van der Waals surface area contributed by atoms with Gasteiger partial charge in [0.25, 0.3) is 5.91 Å². The van der Waals surface area contributed by atoms with Crippen molar-refractivity contribution in [2.24, 2.45) is 5.92 Å². The molecule has 1 N–H and O–H groups in total. The second kappa shape index (κ2) is 4.30. The molecule has 1 aromatic carbocycles. The van der Waals surface area contributed by atoms with Crippen molar-refractivity contribution in [1.82, 2.24) is 4.90 Å². The molecule has 0 aromatic heterocycles. The smallest absolute Gasteiger partial charge is 0.254 e. The van der Waals surface area contributed by atoms with Crippen LogP contribution in [-0.2, 0) is 6.54 Å². The lowest BCUT2D eigenvalue weighted by atomic mass is 9.86. The van der Waals surface area contributed by atoms with Gasteiger partial charge in [-0.15, -0.1) is 0 Å². The Balaban J connectivity index is 1.80. The molecule has 96 valence electrons. The number of phenols is 1. The third-order valence-corrected chi connectivity index (χ3v) is 4.35. The highest BCUT2D eigenvalue weighted by Gasteiger charge is 2.34. The maximum Gasteiger partial charge on any atom is 0.254 e. The Labute approximate surface area is 107 Å². The van der Waals surface area contributed by atoms with Crippen LogP contribution in [0.5, 0.6) is 5.75 Å². The molecule has 3 rings (SSSR count). The van der Waals surface area contributed by atoms with E-state index in [2.05, 4.69) is 6.92 Å². The lowest BCUT2D eigenvalue weighted by molar-refractivity contribution is 0.0640. The van der Waals surface area contributed by atoms with Crippen molar-refractivity contribution in [2.45, 2.75) is 45.2 Å². The van der Waals surface area contributed by atoms with Crippen molar-refractivity contribution in [1.29, 1.82) is 0 Å². The van der Waals surface area contributed by atoms with Gasteiger partial charge in [0.1, 0.15) is 5.75 Å². The average molecular weight is 245 g/mol. The summed E-state index contributed by atoms with van der Waals surface area (Å²) in [4.78, 5) is 14.3. The number of nitrogens with zero attached hydrogens (tertiary/aromatic N) is 1. The molecule has 0 atom stereocenters. The number of phenolic OH excluding ortho intramolecular Hbond substituents is 1. The monoisotopic (exact) mass is 245 g/mol. The summed E-state index contributed by atoms with van der Waals surface area (Å²) in [5.74, 6) is 1.08. The minimum absolute atomic E-state index is 0.0976. The molecule has 1 aliphatic carbocycles. The van der Waals surface area contributed by atoms with Gasteiger partial charge in [0.15, 0.2) is 0 Å². The van der Waals surface area contributed by atoms with Gasteiger partial charge in [-0.3, -0.25) is 4.79 Å². The predicted molar refractivity (Wildman–Crippen MR) is 69.4 cm³/mol. The van der Waals surface area contributed by atoms with Crippen molar-refractivity contribution in [2.75, 3.05) is 0 Å². The SMILES string of the molecule is CC1CCC(N2Cc3ccc(O)cc3C2=O)CC1. The van der Waals surface area contributed by atoms with Crippen molar-refractivity contribution in [3.8, 4) is 5.75 Å². The number of amides is 1. The van der Waals surface area contributed by atoms with E-state index in [9.17, 15) is 9.90 Å². The molecule has 1 aromatic rings. The zero-order chi connectivity index (χ0) is 12.7. The second-order valence-electron chi connectivity index (χ2n) is 5.69. The van der Waals surface area contributed by atoms with Crippen LogP contribution < -0.4 is 0 Å². The maximum absolute atomic E-state index is 12.3. The molecule has 1 amide bonds. The van der Waals surface area contributed by atoms with Gasteiger partial charge in [-0.1, -0.05) is 13.0 Å². The van der Waals surface area contributed by atoms with Gasteiger partial charge in [-0.2, -0.15) is 0 Å². The number of rotatable bonds is 1. The number of hydrogen-bond acceptors (Lipinski definition) is 2. The Kier molecular flexibility index (Phi) is 2.77. The zero-order valence-electron chi connectivity index (χ0n) is 10.7. The van der Waals surface area contributed by atoms with E-state index in [0.29, 0.717) is 18.2 Å². The van der Waals surface area contributed by atoms with Crippen molar-refractivity contribution in [3.63, 3.8) is 0 Å². The van der Waals surface area contributed by atoms with Crippen LogP contribution in [-0.4, -0.2) is 22.0 Å². The molecule has 0 saturated heterocycles. The number of carbonyl (C=O) groups is 1. The minimum atomic E-state index is 0.0976. The van der Waals surface area contributed by atoms with Gasteiger partial charge in [0, 0.05) is 18.2 Å². The number of carbonyl (C=O) groups excluding carboxylic acids is 1. The highest BCUT2D eigenvalue weighted by atomic mass is 16.3. The number of fused-ring (bicyclic) bond motifs is 1. The van der Waals surface area contributed by atoms with Crippen LogP contribution in [0, 0.1) is 5.92 Å². The Morgan fingerprint density at radius 2 is 1.94 bits per heavy atom. The van der Waals surface area contributed by atoms with Gasteiger partial charge in [-0.25, -0.2) is 0 Å². The normalized spacial score (nSPS) is 27.4. The number of benzene rings is 1. The molecule has 1 fully saturated rings. The number of aromatic hydroxyl groups is 1. The van der Waals surface area contributed by atoms with Gasteiger partial charge in [0.05, 0.1) is 0 Å². The van der Waals surface area contributed by atoms with Crippen molar-refractivity contribution < 1.29 is 9.90 Å². The molecular weight excluding hydrogens is 226 g/mol. The van der Waals surface area contributed by atoms with Crippen LogP contribution in [0.15, 0.2) is 18.2 Å². The predicted octanol–water partition coefficient (Wildman–Crippen LogP) is 2.93. The summed E-state index contributed by atoms with van der Waals surface area (Å²) >= 11 is 0. The molecule has 18 heavy (non-hydrogen) atoms. The Hall–Kier alpha value is -1.51. The summed E-state index contributed by atoms with van der Waals surface area (Å²) in [6, 6.07) is 5.53. The van der Waals surface area contributed by atoms with Crippen LogP contribution in [0.3, 0.4) is 0 Å². The van der Waals surface area contributed by atoms with Gasteiger partial charge in [-0.05, 0) is 49.3 Å². The molecule has 1 aliphatic heterocycles. The Morgan fingerprint density at radius 3 is 2.67 bits per heavy atom. The van der Waals surface area contributed by atoms with Crippen molar-refractivity contribution >= 4 is 5.91 Å². The minimum Gasteiger partial charge on any atom is -0.508 e. The zero-order valence-corrected chi connectivity index (χ0v) is 10.7. The largest absolute Gasteiger partial charge is 0.508 e. The molecule has 0 unspecified atom stereocenters.